The molecule has 0 spiro atoms. The average Bonchev–Trinajstić information content (AvgIpc) is 2.89. The third-order valence-corrected chi connectivity index (χ3v) is 7.82. The minimum Gasteiger partial charge on any atom is -0.494 e. The van der Waals surface area contributed by atoms with Gasteiger partial charge in [0.05, 0.1) is 17.8 Å². The molecular formula is C25H25N5O3S. The molecule has 0 unspecified atom stereocenters. The molecule has 0 N–H and O–H groups in total. The standard InChI is InChI=1S/C25H25N5O3S/c1-2-33-21-10-8-19(9-11-21)22-17-24(28-18-27-22)29-13-15-30(16-14-29)34(31,32)23-7-3-5-20-6-4-12-26-25(20)23/h3-12,17-18H,2,13-16H2,1H3. The zero-order valence-corrected chi connectivity index (χ0v) is 19.6. The molecule has 0 saturated carbocycles. The number of pyridine rings is 1. The fraction of sp³-hybridized carbons (Fsp3) is 0.240. The predicted molar refractivity (Wildman–Crippen MR) is 131 cm³/mol. The number of benzene rings is 2. The average molecular weight is 476 g/mol. The van der Waals surface area contributed by atoms with E-state index in [4.69, 9.17) is 4.74 Å². The third-order valence-electron chi connectivity index (χ3n) is 5.89. The van der Waals surface area contributed by atoms with E-state index >= 15 is 0 Å². The number of ether oxygens (including phenoxy) is 1. The number of fused-ring (bicyclic) bond motifs is 1. The molecule has 3 heterocycles. The van der Waals surface area contributed by atoms with Crippen molar-refractivity contribution < 1.29 is 13.2 Å². The highest BCUT2D eigenvalue weighted by Gasteiger charge is 2.30. The van der Waals surface area contributed by atoms with Crippen LogP contribution in [0.2, 0.25) is 0 Å². The molecule has 5 rings (SSSR count). The Hall–Kier alpha value is -3.56. The summed E-state index contributed by atoms with van der Waals surface area (Å²) in [4.78, 5) is 15.5. The number of para-hydroxylation sites is 1. The van der Waals surface area contributed by atoms with Gasteiger partial charge in [-0.1, -0.05) is 18.2 Å². The third kappa shape index (κ3) is 4.32. The van der Waals surface area contributed by atoms with Gasteiger partial charge in [-0.05, 0) is 43.3 Å². The number of aromatic nitrogens is 3. The van der Waals surface area contributed by atoms with E-state index in [1.54, 1.807) is 30.7 Å². The topological polar surface area (TPSA) is 88.5 Å². The molecule has 9 heteroatoms. The van der Waals surface area contributed by atoms with Gasteiger partial charge in [-0.25, -0.2) is 18.4 Å². The van der Waals surface area contributed by atoms with Crippen LogP contribution in [0.15, 0.2) is 78.1 Å². The summed E-state index contributed by atoms with van der Waals surface area (Å²) in [5.41, 5.74) is 2.28. The van der Waals surface area contributed by atoms with Crippen LogP contribution in [0, 0.1) is 0 Å². The normalized spacial score (nSPS) is 14.9. The van der Waals surface area contributed by atoms with Crippen molar-refractivity contribution in [3.63, 3.8) is 0 Å². The highest BCUT2D eigenvalue weighted by Crippen LogP contribution is 2.27. The van der Waals surface area contributed by atoms with Crippen molar-refractivity contribution in [2.24, 2.45) is 0 Å². The van der Waals surface area contributed by atoms with Gasteiger partial charge in [0.25, 0.3) is 0 Å². The largest absolute Gasteiger partial charge is 0.494 e. The van der Waals surface area contributed by atoms with Gasteiger partial charge in [-0.15, -0.1) is 0 Å². The van der Waals surface area contributed by atoms with Gasteiger partial charge in [0.1, 0.15) is 22.8 Å². The Bertz CT molecular complexity index is 1400. The smallest absolute Gasteiger partial charge is 0.245 e. The zero-order chi connectivity index (χ0) is 23.5. The Balaban J connectivity index is 1.32. The van der Waals surface area contributed by atoms with E-state index in [-0.39, 0.29) is 4.90 Å². The molecule has 0 atom stereocenters. The van der Waals surface area contributed by atoms with Gasteiger partial charge in [0, 0.05) is 49.4 Å². The maximum atomic E-state index is 13.4. The van der Waals surface area contributed by atoms with Crippen LogP contribution in [-0.4, -0.2) is 60.5 Å². The summed E-state index contributed by atoms with van der Waals surface area (Å²) in [5.74, 6) is 1.60. The second-order valence-corrected chi connectivity index (χ2v) is 9.85. The maximum absolute atomic E-state index is 13.4. The lowest BCUT2D eigenvalue weighted by Crippen LogP contribution is -2.49. The Morgan fingerprint density at radius 2 is 1.68 bits per heavy atom. The molecule has 0 aliphatic carbocycles. The Morgan fingerprint density at radius 3 is 2.44 bits per heavy atom. The van der Waals surface area contributed by atoms with E-state index < -0.39 is 10.0 Å². The molecule has 1 saturated heterocycles. The lowest BCUT2D eigenvalue weighted by atomic mass is 10.1. The molecule has 0 bridgehead atoms. The van der Waals surface area contributed by atoms with E-state index in [1.165, 1.54) is 4.31 Å². The second-order valence-electron chi connectivity index (χ2n) is 7.94. The molecular weight excluding hydrogens is 450 g/mol. The molecule has 0 amide bonds. The lowest BCUT2D eigenvalue weighted by molar-refractivity contribution is 0.340. The molecule has 0 radical (unpaired) electrons. The number of hydrogen-bond acceptors (Lipinski definition) is 7. The molecule has 1 aliphatic heterocycles. The van der Waals surface area contributed by atoms with Crippen molar-refractivity contribution >= 4 is 26.7 Å². The molecule has 2 aromatic heterocycles. The van der Waals surface area contributed by atoms with Gasteiger partial charge in [0.2, 0.25) is 10.0 Å². The minimum absolute atomic E-state index is 0.249. The Morgan fingerprint density at radius 1 is 0.912 bits per heavy atom. The van der Waals surface area contributed by atoms with Crippen molar-refractivity contribution in [3.05, 3.63) is 73.2 Å². The number of hydrogen-bond donors (Lipinski definition) is 0. The quantitative estimate of drug-likeness (QED) is 0.421. The van der Waals surface area contributed by atoms with Crippen LogP contribution in [0.25, 0.3) is 22.2 Å². The zero-order valence-electron chi connectivity index (χ0n) is 18.8. The molecule has 2 aromatic carbocycles. The van der Waals surface area contributed by atoms with E-state index in [0.29, 0.717) is 38.3 Å². The summed E-state index contributed by atoms with van der Waals surface area (Å²) < 4.78 is 33.8. The van der Waals surface area contributed by atoms with Crippen molar-refractivity contribution in [1.29, 1.82) is 0 Å². The summed E-state index contributed by atoms with van der Waals surface area (Å²) in [5, 5.41) is 0.810. The number of sulfonamides is 1. The highest BCUT2D eigenvalue weighted by atomic mass is 32.2. The number of rotatable bonds is 6. The maximum Gasteiger partial charge on any atom is 0.245 e. The first-order chi connectivity index (χ1) is 16.6. The molecule has 174 valence electrons. The SMILES string of the molecule is CCOc1ccc(-c2cc(N3CCN(S(=O)(=O)c4cccc5cccnc45)CC3)ncn2)cc1. The van der Waals surface area contributed by atoms with E-state index in [2.05, 4.69) is 19.9 Å². The van der Waals surface area contributed by atoms with E-state index in [9.17, 15) is 8.42 Å². The van der Waals surface area contributed by atoms with Crippen molar-refractivity contribution in [3.8, 4) is 17.0 Å². The first-order valence-electron chi connectivity index (χ1n) is 11.2. The Labute approximate surface area is 198 Å². The summed E-state index contributed by atoms with van der Waals surface area (Å²) >= 11 is 0. The Kier molecular flexibility index (Phi) is 6.12. The van der Waals surface area contributed by atoms with Crippen molar-refractivity contribution in [2.75, 3.05) is 37.7 Å². The first-order valence-corrected chi connectivity index (χ1v) is 12.6. The van der Waals surface area contributed by atoms with Crippen LogP contribution in [0.4, 0.5) is 5.82 Å². The van der Waals surface area contributed by atoms with Gasteiger partial charge < -0.3 is 9.64 Å². The van der Waals surface area contributed by atoms with Gasteiger partial charge >= 0.3 is 0 Å². The number of anilines is 1. The van der Waals surface area contributed by atoms with Gasteiger partial charge in [-0.2, -0.15) is 4.31 Å². The highest BCUT2D eigenvalue weighted by molar-refractivity contribution is 7.89. The second kappa shape index (κ2) is 9.36. The van der Waals surface area contributed by atoms with Crippen LogP contribution in [0.3, 0.4) is 0 Å². The lowest BCUT2D eigenvalue weighted by Gasteiger charge is -2.34. The van der Waals surface area contributed by atoms with Gasteiger partial charge in [-0.3, -0.25) is 4.98 Å². The summed E-state index contributed by atoms with van der Waals surface area (Å²) in [6, 6.07) is 18.7. The van der Waals surface area contributed by atoms with Gasteiger partial charge in [0.15, 0.2) is 0 Å². The van der Waals surface area contributed by atoms with Crippen molar-refractivity contribution in [2.45, 2.75) is 11.8 Å². The van der Waals surface area contributed by atoms with Crippen LogP contribution < -0.4 is 9.64 Å². The number of piperazine rings is 1. The number of nitrogens with zero attached hydrogens (tertiary/aromatic N) is 5. The minimum atomic E-state index is -3.65. The van der Waals surface area contributed by atoms with E-state index in [1.807, 2.05) is 49.4 Å². The van der Waals surface area contributed by atoms with Crippen LogP contribution in [0.1, 0.15) is 6.92 Å². The molecule has 34 heavy (non-hydrogen) atoms. The molecule has 4 aromatic rings. The fourth-order valence-corrected chi connectivity index (χ4v) is 5.74. The van der Waals surface area contributed by atoms with Crippen molar-refractivity contribution in [1.82, 2.24) is 19.3 Å². The van der Waals surface area contributed by atoms with Crippen LogP contribution in [-0.2, 0) is 10.0 Å². The molecule has 1 aliphatic rings. The summed E-state index contributed by atoms with van der Waals surface area (Å²) in [7, 11) is -3.65. The van der Waals surface area contributed by atoms with Crippen LogP contribution in [0.5, 0.6) is 5.75 Å². The predicted octanol–water partition coefficient (Wildman–Crippen LogP) is 3.60. The molecule has 8 nitrogen and oxygen atoms in total. The molecule has 1 fully saturated rings. The first kappa shape index (κ1) is 22.2. The van der Waals surface area contributed by atoms with E-state index in [0.717, 1.165) is 28.2 Å². The summed E-state index contributed by atoms with van der Waals surface area (Å²) in [6.07, 6.45) is 3.17. The van der Waals surface area contributed by atoms with Crippen LogP contribution >= 0.6 is 0 Å². The monoisotopic (exact) mass is 475 g/mol. The fourth-order valence-electron chi connectivity index (χ4n) is 4.15. The summed E-state index contributed by atoms with van der Waals surface area (Å²) in [6.45, 7) is 4.39.